The van der Waals surface area contributed by atoms with Gasteiger partial charge in [-0.3, -0.25) is 19.7 Å². The molecule has 1 aromatic rings. The highest BCUT2D eigenvalue weighted by Gasteiger charge is 2.27. The van der Waals surface area contributed by atoms with Gasteiger partial charge in [0.15, 0.2) is 0 Å². The van der Waals surface area contributed by atoms with Crippen LogP contribution in [-0.2, 0) is 20.7 Å². The van der Waals surface area contributed by atoms with Crippen molar-refractivity contribution < 1.29 is 19.2 Å². The molecule has 2 atom stereocenters. The van der Waals surface area contributed by atoms with E-state index in [1.54, 1.807) is 12.1 Å². The number of non-ortho nitro benzene ring substituents is 1. The Morgan fingerprint density at radius 2 is 2.09 bits per heavy atom. The van der Waals surface area contributed by atoms with Crippen molar-refractivity contribution in [2.75, 3.05) is 13.2 Å². The summed E-state index contributed by atoms with van der Waals surface area (Å²) in [6.45, 7) is 0.872. The third-order valence-electron chi connectivity index (χ3n) is 3.55. The van der Waals surface area contributed by atoms with Crippen LogP contribution >= 0.6 is 0 Å². The lowest BCUT2D eigenvalue weighted by Gasteiger charge is -2.17. The highest BCUT2D eigenvalue weighted by molar-refractivity contribution is 5.87. The average molecular weight is 307 g/mol. The summed E-state index contributed by atoms with van der Waals surface area (Å²) in [5, 5.41) is 13.2. The molecule has 0 bridgehead atoms. The number of nitro groups is 1. The van der Waals surface area contributed by atoms with E-state index in [9.17, 15) is 19.7 Å². The van der Waals surface area contributed by atoms with Crippen LogP contribution in [0.15, 0.2) is 24.3 Å². The van der Waals surface area contributed by atoms with E-state index in [0.29, 0.717) is 25.2 Å². The fraction of sp³-hybridized carbons (Fsp3) is 0.429. The molecule has 1 heterocycles. The number of nitrogens with zero attached hydrogens (tertiary/aromatic N) is 1. The monoisotopic (exact) mass is 307 g/mol. The standard InChI is InChI=1S/C14H17N3O5/c15-13(18)12(16-14(19)10-5-6-22-8-10)7-9-1-3-11(4-2-9)17(20)21/h1-4,10,12H,5-8H2,(H2,15,18)(H,16,19)/t10-,12+/m0/s1. The Hall–Kier alpha value is -2.48. The second-order valence-electron chi connectivity index (χ2n) is 5.15. The van der Waals surface area contributed by atoms with Gasteiger partial charge in [-0.1, -0.05) is 12.1 Å². The molecule has 1 saturated heterocycles. The van der Waals surface area contributed by atoms with Gasteiger partial charge in [0.1, 0.15) is 6.04 Å². The summed E-state index contributed by atoms with van der Waals surface area (Å²) in [5.74, 6) is -1.17. The molecule has 1 aromatic carbocycles. The molecule has 3 N–H and O–H groups in total. The summed E-state index contributed by atoms with van der Waals surface area (Å²) in [7, 11) is 0. The third kappa shape index (κ3) is 4.01. The van der Waals surface area contributed by atoms with Crippen molar-refractivity contribution in [2.24, 2.45) is 11.7 Å². The first-order valence-corrected chi connectivity index (χ1v) is 6.88. The van der Waals surface area contributed by atoms with Gasteiger partial charge < -0.3 is 15.8 Å². The van der Waals surface area contributed by atoms with Crippen molar-refractivity contribution in [3.63, 3.8) is 0 Å². The van der Waals surface area contributed by atoms with Gasteiger partial charge in [0, 0.05) is 25.2 Å². The Kier molecular flexibility index (Phi) is 5.05. The lowest BCUT2D eigenvalue weighted by molar-refractivity contribution is -0.384. The quantitative estimate of drug-likeness (QED) is 0.571. The SMILES string of the molecule is NC(=O)[C@@H](Cc1ccc([N+](=O)[O-])cc1)NC(=O)[C@H]1CCOC1. The van der Waals surface area contributed by atoms with Crippen LogP contribution in [0.3, 0.4) is 0 Å². The lowest BCUT2D eigenvalue weighted by atomic mass is 10.0. The van der Waals surface area contributed by atoms with E-state index in [1.807, 2.05) is 0 Å². The molecule has 0 aliphatic carbocycles. The minimum absolute atomic E-state index is 0.0356. The molecule has 0 unspecified atom stereocenters. The fourth-order valence-corrected chi connectivity index (χ4v) is 2.24. The van der Waals surface area contributed by atoms with E-state index in [-0.39, 0.29) is 23.9 Å². The molecule has 0 spiro atoms. The number of ether oxygens (including phenoxy) is 1. The molecule has 1 aliphatic rings. The largest absolute Gasteiger partial charge is 0.381 e. The zero-order valence-corrected chi connectivity index (χ0v) is 11.9. The van der Waals surface area contributed by atoms with Crippen molar-refractivity contribution in [3.8, 4) is 0 Å². The number of nitro benzene ring substituents is 1. The molecular weight excluding hydrogens is 290 g/mol. The first-order chi connectivity index (χ1) is 10.5. The first-order valence-electron chi connectivity index (χ1n) is 6.88. The molecule has 8 heteroatoms. The zero-order valence-electron chi connectivity index (χ0n) is 11.9. The molecule has 0 aromatic heterocycles. The molecule has 22 heavy (non-hydrogen) atoms. The van der Waals surface area contributed by atoms with Gasteiger partial charge in [-0.15, -0.1) is 0 Å². The minimum atomic E-state index is -0.852. The number of primary amides is 1. The van der Waals surface area contributed by atoms with E-state index in [1.165, 1.54) is 12.1 Å². The van der Waals surface area contributed by atoms with Crippen LogP contribution in [0, 0.1) is 16.0 Å². The molecule has 118 valence electrons. The summed E-state index contributed by atoms with van der Waals surface area (Å²) in [6, 6.07) is 4.92. The number of nitrogens with one attached hydrogen (secondary N) is 1. The Morgan fingerprint density at radius 1 is 1.41 bits per heavy atom. The van der Waals surface area contributed by atoms with Gasteiger partial charge in [0.25, 0.3) is 5.69 Å². The van der Waals surface area contributed by atoms with Crippen molar-refractivity contribution in [1.29, 1.82) is 0 Å². The first kappa shape index (κ1) is 15.9. The van der Waals surface area contributed by atoms with Crippen molar-refractivity contribution in [1.82, 2.24) is 5.32 Å². The molecule has 0 saturated carbocycles. The predicted octanol–water partition coefficient (Wildman–Crippen LogP) is 0.144. The molecule has 2 amide bonds. The zero-order chi connectivity index (χ0) is 16.1. The maximum absolute atomic E-state index is 12.0. The Balaban J connectivity index is 2.00. The van der Waals surface area contributed by atoms with Crippen LogP contribution in [0.5, 0.6) is 0 Å². The van der Waals surface area contributed by atoms with E-state index >= 15 is 0 Å². The second-order valence-corrected chi connectivity index (χ2v) is 5.15. The number of carbonyl (C=O) groups excluding carboxylic acids is 2. The number of hydrogen-bond donors (Lipinski definition) is 2. The summed E-state index contributed by atoms with van der Waals surface area (Å²) >= 11 is 0. The molecule has 8 nitrogen and oxygen atoms in total. The molecule has 1 fully saturated rings. The Labute approximate surface area is 126 Å². The molecule has 1 aliphatic heterocycles. The van der Waals surface area contributed by atoms with Gasteiger partial charge in [-0.2, -0.15) is 0 Å². The summed E-state index contributed by atoms with van der Waals surface area (Å²) in [4.78, 5) is 33.6. The fourth-order valence-electron chi connectivity index (χ4n) is 2.24. The van der Waals surface area contributed by atoms with Gasteiger partial charge in [0.05, 0.1) is 17.4 Å². The van der Waals surface area contributed by atoms with Crippen LogP contribution in [0.25, 0.3) is 0 Å². The lowest BCUT2D eigenvalue weighted by Crippen LogP contribution is -2.48. The van der Waals surface area contributed by atoms with Gasteiger partial charge >= 0.3 is 0 Å². The summed E-state index contributed by atoms with van der Waals surface area (Å²) in [5.41, 5.74) is 5.96. The molecule has 0 radical (unpaired) electrons. The van der Waals surface area contributed by atoms with Crippen LogP contribution < -0.4 is 11.1 Å². The summed E-state index contributed by atoms with van der Waals surface area (Å²) in [6.07, 6.45) is 0.807. The van der Waals surface area contributed by atoms with Gasteiger partial charge in [-0.25, -0.2) is 0 Å². The highest BCUT2D eigenvalue weighted by Crippen LogP contribution is 2.15. The van der Waals surface area contributed by atoms with E-state index in [4.69, 9.17) is 10.5 Å². The van der Waals surface area contributed by atoms with Crippen molar-refractivity contribution in [3.05, 3.63) is 39.9 Å². The van der Waals surface area contributed by atoms with Gasteiger partial charge in [-0.05, 0) is 12.0 Å². The highest BCUT2D eigenvalue weighted by atomic mass is 16.6. The van der Waals surface area contributed by atoms with Crippen LogP contribution in [-0.4, -0.2) is 36.0 Å². The van der Waals surface area contributed by atoms with Crippen molar-refractivity contribution >= 4 is 17.5 Å². The van der Waals surface area contributed by atoms with Gasteiger partial charge in [0.2, 0.25) is 11.8 Å². The van der Waals surface area contributed by atoms with E-state index in [0.717, 1.165) is 0 Å². The number of amides is 2. The maximum atomic E-state index is 12.0. The van der Waals surface area contributed by atoms with Crippen molar-refractivity contribution in [2.45, 2.75) is 18.9 Å². The molecule has 2 rings (SSSR count). The van der Waals surface area contributed by atoms with E-state index in [2.05, 4.69) is 5.32 Å². The number of benzene rings is 1. The molecular formula is C14H17N3O5. The average Bonchev–Trinajstić information content (AvgIpc) is 3.01. The number of rotatable bonds is 6. The summed E-state index contributed by atoms with van der Waals surface area (Å²) < 4.78 is 5.13. The van der Waals surface area contributed by atoms with Crippen LogP contribution in [0.1, 0.15) is 12.0 Å². The second kappa shape index (κ2) is 6.99. The number of carbonyl (C=O) groups is 2. The Bertz CT molecular complexity index is 566. The topological polar surface area (TPSA) is 125 Å². The normalized spacial score (nSPS) is 18.6. The van der Waals surface area contributed by atoms with Crippen LogP contribution in [0.2, 0.25) is 0 Å². The predicted molar refractivity (Wildman–Crippen MR) is 76.9 cm³/mol. The number of hydrogen-bond acceptors (Lipinski definition) is 5. The third-order valence-corrected chi connectivity index (χ3v) is 3.55. The van der Waals surface area contributed by atoms with Crippen LogP contribution in [0.4, 0.5) is 5.69 Å². The number of nitrogens with two attached hydrogens (primary N) is 1. The van der Waals surface area contributed by atoms with E-state index < -0.39 is 16.9 Å². The maximum Gasteiger partial charge on any atom is 0.269 e. The minimum Gasteiger partial charge on any atom is -0.381 e. The smallest absolute Gasteiger partial charge is 0.269 e. The Morgan fingerprint density at radius 3 is 2.59 bits per heavy atom.